The third-order valence-corrected chi connectivity index (χ3v) is 4.36. The van der Waals surface area contributed by atoms with E-state index in [1.54, 1.807) is 18.9 Å². The first-order valence-corrected chi connectivity index (χ1v) is 7.48. The van der Waals surface area contributed by atoms with Crippen LogP contribution < -0.4 is 14.2 Å². The molecule has 2 aromatic rings. The summed E-state index contributed by atoms with van der Waals surface area (Å²) in [6.07, 6.45) is 0. The SMILES string of the molecule is COc1ccccc1SCc1cc(Cl)c2c(c1)OCO2. The molecule has 0 saturated heterocycles. The van der Waals surface area contributed by atoms with Crippen molar-refractivity contribution in [2.75, 3.05) is 13.9 Å². The number of ether oxygens (including phenoxy) is 3. The van der Waals surface area contributed by atoms with Crippen molar-refractivity contribution in [3.8, 4) is 17.2 Å². The third kappa shape index (κ3) is 2.67. The Bertz CT molecular complexity index is 631. The average Bonchev–Trinajstić information content (AvgIpc) is 2.94. The van der Waals surface area contributed by atoms with E-state index in [2.05, 4.69) is 0 Å². The van der Waals surface area contributed by atoms with Crippen molar-refractivity contribution >= 4 is 23.4 Å². The van der Waals surface area contributed by atoms with Crippen LogP contribution in [0.5, 0.6) is 17.2 Å². The van der Waals surface area contributed by atoms with Crippen LogP contribution in [0, 0.1) is 0 Å². The molecule has 0 aromatic heterocycles. The van der Waals surface area contributed by atoms with Crippen LogP contribution in [-0.2, 0) is 5.75 Å². The molecule has 0 fully saturated rings. The molecule has 20 heavy (non-hydrogen) atoms. The molecule has 0 aliphatic carbocycles. The number of fused-ring (bicyclic) bond motifs is 1. The van der Waals surface area contributed by atoms with E-state index in [4.69, 9.17) is 25.8 Å². The summed E-state index contributed by atoms with van der Waals surface area (Å²) in [5.74, 6) is 3.02. The first kappa shape index (κ1) is 13.5. The molecule has 0 spiro atoms. The Labute approximate surface area is 126 Å². The summed E-state index contributed by atoms with van der Waals surface area (Å²) in [5, 5.41) is 0.593. The van der Waals surface area contributed by atoms with Gasteiger partial charge in [0.15, 0.2) is 11.5 Å². The average molecular weight is 309 g/mol. The molecule has 3 nitrogen and oxygen atoms in total. The zero-order valence-electron chi connectivity index (χ0n) is 10.9. The Kier molecular flexibility index (Phi) is 3.94. The Morgan fingerprint density at radius 3 is 2.95 bits per heavy atom. The van der Waals surface area contributed by atoms with Crippen LogP contribution in [0.3, 0.4) is 0 Å². The van der Waals surface area contributed by atoms with Gasteiger partial charge in [-0.15, -0.1) is 11.8 Å². The van der Waals surface area contributed by atoms with Gasteiger partial charge in [0.05, 0.1) is 12.1 Å². The fraction of sp³-hybridized carbons (Fsp3) is 0.200. The summed E-state index contributed by atoms with van der Waals surface area (Å²) in [6, 6.07) is 11.8. The highest BCUT2D eigenvalue weighted by Crippen LogP contribution is 2.41. The first-order valence-electron chi connectivity index (χ1n) is 6.12. The molecular formula is C15H13ClO3S. The smallest absolute Gasteiger partial charge is 0.231 e. The highest BCUT2D eigenvalue weighted by Gasteiger charge is 2.18. The summed E-state index contributed by atoms with van der Waals surface area (Å²) in [5.41, 5.74) is 1.09. The van der Waals surface area contributed by atoms with Gasteiger partial charge in [-0.25, -0.2) is 0 Å². The van der Waals surface area contributed by atoms with E-state index in [1.165, 1.54) is 0 Å². The molecule has 1 aliphatic rings. The van der Waals surface area contributed by atoms with E-state index < -0.39 is 0 Å². The third-order valence-electron chi connectivity index (χ3n) is 2.95. The van der Waals surface area contributed by atoms with E-state index >= 15 is 0 Å². The summed E-state index contributed by atoms with van der Waals surface area (Å²) in [7, 11) is 1.68. The van der Waals surface area contributed by atoms with Crippen LogP contribution in [0.15, 0.2) is 41.3 Å². The Hall–Kier alpha value is -1.52. The second-order valence-electron chi connectivity index (χ2n) is 4.25. The van der Waals surface area contributed by atoms with Crippen LogP contribution >= 0.6 is 23.4 Å². The van der Waals surface area contributed by atoms with Gasteiger partial charge in [-0.2, -0.15) is 0 Å². The van der Waals surface area contributed by atoms with Gasteiger partial charge < -0.3 is 14.2 Å². The molecule has 1 heterocycles. The Morgan fingerprint density at radius 2 is 2.10 bits per heavy atom. The molecule has 0 unspecified atom stereocenters. The Balaban J connectivity index is 1.77. The lowest BCUT2D eigenvalue weighted by Gasteiger charge is -2.08. The molecule has 0 atom stereocenters. The molecule has 3 rings (SSSR count). The fourth-order valence-electron chi connectivity index (χ4n) is 2.00. The van der Waals surface area contributed by atoms with E-state index in [-0.39, 0.29) is 6.79 Å². The zero-order valence-corrected chi connectivity index (χ0v) is 12.5. The van der Waals surface area contributed by atoms with Gasteiger partial charge in [0, 0.05) is 10.6 Å². The molecule has 1 aliphatic heterocycles. The minimum Gasteiger partial charge on any atom is -0.496 e. The van der Waals surface area contributed by atoms with Gasteiger partial charge >= 0.3 is 0 Å². The van der Waals surface area contributed by atoms with Crippen molar-refractivity contribution in [1.29, 1.82) is 0 Å². The van der Waals surface area contributed by atoms with Gasteiger partial charge in [0.2, 0.25) is 6.79 Å². The number of halogens is 1. The first-order chi connectivity index (χ1) is 9.78. The molecule has 2 aromatic carbocycles. The molecule has 0 radical (unpaired) electrons. The number of rotatable bonds is 4. The van der Waals surface area contributed by atoms with Gasteiger partial charge in [-0.1, -0.05) is 23.7 Å². The van der Waals surface area contributed by atoms with Gasteiger partial charge in [0.1, 0.15) is 5.75 Å². The number of hydrogen-bond donors (Lipinski definition) is 0. The monoisotopic (exact) mass is 308 g/mol. The van der Waals surface area contributed by atoms with E-state index in [0.717, 1.165) is 22.0 Å². The van der Waals surface area contributed by atoms with E-state index in [1.807, 2.05) is 36.4 Å². The van der Waals surface area contributed by atoms with Crippen LogP contribution in [-0.4, -0.2) is 13.9 Å². The van der Waals surface area contributed by atoms with Crippen LogP contribution in [0.25, 0.3) is 0 Å². The second-order valence-corrected chi connectivity index (χ2v) is 5.68. The number of benzene rings is 2. The standard InChI is InChI=1S/C15H13ClO3S/c1-17-12-4-2-3-5-14(12)20-8-10-6-11(16)15-13(7-10)18-9-19-15/h2-7H,8-9H2,1H3. The van der Waals surface area contributed by atoms with Crippen LogP contribution in [0.1, 0.15) is 5.56 Å². The summed E-state index contributed by atoms with van der Waals surface area (Å²) in [4.78, 5) is 1.10. The maximum Gasteiger partial charge on any atom is 0.231 e. The predicted octanol–water partition coefficient (Wildman–Crippen LogP) is 4.37. The molecule has 0 amide bonds. The highest BCUT2D eigenvalue weighted by molar-refractivity contribution is 7.98. The zero-order chi connectivity index (χ0) is 13.9. The minimum absolute atomic E-state index is 0.234. The van der Waals surface area contributed by atoms with Gasteiger partial charge in [0.25, 0.3) is 0 Å². The number of hydrogen-bond acceptors (Lipinski definition) is 4. The van der Waals surface area contributed by atoms with Crippen molar-refractivity contribution in [2.45, 2.75) is 10.6 Å². The summed E-state index contributed by atoms with van der Waals surface area (Å²) >= 11 is 7.88. The van der Waals surface area contributed by atoms with Crippen molar-refractivity contribution in [3.05, 3.63) is 47.0 Å². The minimum atomic E-state index is 0.234. The second kappa shape index (κ2) is 5.85. The van der Waals surface area contributed by atoms with Crippen molar-refractivity contribution in [3.63, 3.8) is 0 Å². The van der Waals surface area contributed by atoms with Crippen LogP contribution in [0.2, 0.25) is 5.02 Å². The maximum atomic E-state index is 6.18. The maximum absolute atomic E-state index is 6.18. The van der Waals surface area contributed by atoms with E-state index in [0.29, 0.717) is 16.5 Å². The van der Waals surface area contributed by atoms with Crippen molar-refractivity contribution < 1.29 is 14.2 Å². The van der Waals surface area contributed by atoms with Crippen molar-refractivity contribution in [1.82, 2.24) is 0 Å². The predicted molar refractivity (Wildman–Crippen MR) is 80.1 cm³/mol. The molecule has 104 valence electrons. The van der Waals surface area contributed by atoms with Crippen molar-refractivity contribution in [2.24, 2.45) is 0 Å². The Morgan fingerprint density at radius 1 is 1.25 bits per heavy atom. The van der Waals surface area contributed by atoms with Gasteiger partial charge in [-0.05, 0) is 29.8 Å². The van der Waals surface area contributed by atoms with Crippen LogP contribution in [0.4, 0.5) is 0 Å². The summed E-state index contributed by atoms with van der Waals surface area (Å²) < 4.78 is 16.0. The quantitative estimate of drug-likeness (QED) is 0.784. The number of thioether (sulfide) groups is 1. The molecule has 0 saturated carbocycles. The lowest BCUT2D eigenvalue weighted by Crippen LogP contribution is -1.93. The fourth-order valence-corrected chi connectivity index (χ4v) is 3.25. The molecular weight excluding hydrogens is 296 g/mol. The normalized spacial score (nSPS) is 12.5. The van der Waals surface area contributed by atoms with Gasteiger partial charge in [-0.3, -0.25) is 0 Å². The molecule has 0 bridgehead atoms. The van der Waals surface area contributed by atoms with E-state index in [9.17, 15) is 0 Å². The summed E-state index contributed by atoms with van der Waals surface area (Å²) in [6.45, 7) is 0.234. The highest BCUT2D eigenvalue weighted by atomic mass is 35.5. The lowest BCUT2D eigenvalue weighted by atomic mass is 10.2. The molecule has 5 heteroatoms. The number of methoxy groups -OCH3 is 1. The topological polar surface area (TPSA) is 27.7 Å². The largest absolute Gasteiger partial charge is 0.496 e. The molecule has 0 N–H and O–H groups in total. The number of para-hydroxylation sites is 1. The lowest BCUT2D eigenvalue weighted by molar-refractivity contribution is 0.174.